The van der Waals surface area contributed by atoms with Crippen LogP contribution in [-0.4, -0.2) is 18.3 Å². The van der Waals surface area contributed by atoms with Crippen LogP contribution in [0.4, 0.5) is 5.69 Å². The van der Waals surface area contributed by atoms with Crippen molar-refractivity contribution in [3.8, 4) is 11.5 Å². The smallest absolute Gasteiger partial charge is 0.171 e. The van der Waals surface area contributed by atoms with Gasteiger partial charge in [-0.15, -0.1) is 0 Å². The predicted octanol–water partition coefficient (Wildman–Crippen LogP) is 4.45. The van der Waals surface area contributed by atoms with Crippen molar-refractivity contribution >= 4 is 23.0 Å². The fourth-order valence-electron chi connectivity index (χ4n) is 2.92. The van der Waals surface area contributed by atoms with Crippen LogP contribution in [0.25, 0.3) is 0 Å². The molecule has 0 radical (unpaired) electrons. The van der Waals surface area contributed by atoms with Gasteiger partial charge in [0.15, 0.2) is 16.6 Å². The van der Waals surface area contributed by atoms with E-state index in [1.165, 1.54) is 5.56 Å². The Kier molecular flexibility index (Phi) is 5.43. The van der Waals surface area contributed by atoms with Gasteiger partial charge in [-0.05, 0) is 60.5 Å². The van der Waals surface area contributed by atoms with E-state index in [1.54, 1.807) is 0 Å². The minimum absolute atomic E-state index is 0.0839. The Bertz CT molecular complexity index is 761. The van der Waals surface area contributed by atoms with E-state index in [1.807, 2.05) is 24.3 Å². The van der Waals surface area contributed by atoms with Gasteiger partial charge < -0.3 is 20.1 Å². The SMILES string of the molecule is Cc1cccc(NC(=S)N[C@H](c2ccc3c(c2)OCCO3)C(C)C)c1. The molecule has 25 heavy (non-hydrogen) atoms. The first-order valence-corrected chi connectivity index (χ1v) is 8.97. The molecule has 2 aromatic rings. The molecular formula is C20H24N2O2S. The fourth-order valence-corrected chi connectivity index (χ4v) is 3.16. The minimum atomic E-state index is 0.0839. The first-order valence-electron chi connectivity index (χ1n) is 8.56. The lowest BCUT2D eigenvalue weighted by atomic mass is 9.95. The summed E-state index contributed by atoms with van der Waals surface area (Å²) in [5, 5.41) is 7.31. The highest BCUT2D eigenvalue weighted by Gasteiger charge is 2.20. The number of rotatable bonds is 4. The van der Waals surface area contributed by atoms with Gasteiger partial charge in [0.1, 0.15) is 13.2 Å². The fraction of sp³-hybridized carbons (Fsp3) is 0.350. The molecule has 1 aliphatic heterocycles. The van der Waals surface area contributed by atoms with Crippen LogP contribution in [0.5, 0.6) is 11.5 Å². The van der Waals surface area contributed by atoms with Crippen molar-refractivity contribution in [3.63, 3.8) is 0 Å². The number of benzene rings is 2. The summed E-state index contributed by atoms with van der Waals surface area (Å²) in [6.07, 6.45) is 0. The second-order valence-corrected chi connectivity index (χ2v) is 7.00. The number of anilines is 1. The molecule has 1 aliphatic rings. The van der Waals surface area contributed by atoms with Gasteiger partial charge in [0, 0.05) is 5.69 Å². The molecule has 1 atom stereocenters. The number of hydrogen-bond donors (Lipinski definition) is 2. The maximum Gasteiger partial charge on any atom is 0.171 e. The van der Waals surface area contributed by atoms with Crippen LogP contribution in [-0.2, 0) is 0 Å². The van der Waals surface area contributed by atoms with E-state index >= 15 is 0 Å². The lowest BCUT2D eigenvalue weighted by Gasteiger charge is -2.26. The van der Waals surface area contributed by atoms with Crippen LogP contribution in [0, 0.1) is 12.8 Å². The van der Waals surface area contributed by atoms with Gasteiger partial charge in [-0.3, -0.25) is 0 Å². The molecule has 0 spiro atoms. The van der Waals surface area contributed by atoms with Crippen molar-refractivity contribution in [3.05, 3.63) is 53.6 Å². The van der Waals surface area contributed by atoms with E-state index in [0.29, 0.717) is 24.2 Å². The van der Waals surface area contributed by atoms with Gasteiger partial charge in [-0.25, -0.2) is 0 Å². The predicted molar refractivity (Wildman–Crippen MR) is 106 cm³/mol. The third kappa shape index (κ3) is 4.42. The van der Waals surface area contributed by atoms with E-state index in [2.05, 4.69) is 49.6 Å². The third-order valence-electron chi connectivity index (χ3n) is 4.15. The van der Waals surface area contributed by atoms with Gasteiger partial charge in [0.2, 0.25) is 0 Å². The molecule has 4 nitrogen and oxygen atoms in total. The lowest BCUT2D eigenvalue weighted by Crippen LogP contribution is -2.35. The van der Waals surface area contributed by atoms with Crippen molar-refractivity contribution in [2.24, 2.45) is 5.92 Å². The van der Waals surface area contributed by atoms with Gasteiger partial charge in [-0.2, -0.15) is 0 Å². The molecule has 132 valence electrons. The Morgan fingerprint density at radius 1 is 1.04 bits per heavy atom. The first kappa shape index (κ1) is 17.5. The maximum atomic E-state index is 5.71. The Labute approximate surface area is 154 Å². The standard InChI is InChI=1S/C20H24N2O2S/c1-13(2)19(15-7-8-17-18(12-15)24-10-9-23-17)22-20(25)21-16-6-4-5-14(3)11-16/h4-8,11-13,19H,9-10H2,1-3H3,(H2,21,22,25)/t19-/m0/s1. The second kappa shape index (κ2) is 7.74. The lowest BCUT2D eigenvalue weighted by molar-refractivity contribution is 0.171. The summed E-state index contributed by atoms with van der Waals surface area (Å²) in [4.78, 5) is 0. The first-order chi connectivity index (χ1) is 12.0. The van der Waals surface area contributed by atoms with E-state index in [4.69, 9.17) is 21.7 Å². The second-order valence-electron chi connectivity index (χ2n) is 6.59. The summed E-state index contributed by atoms with van der Waals surface area (Å²) < 4.78 is 11.3. The molecule has 0 aromatic heterocycles. The highest BCUT2D eigenvalue weighted by atomic mass is 32.1. The normalized spacial score (nSPS) is 14.1. The molecule has 3 rings (SSSR count). The molecular weight excluding hydrogens is 332 g/mol. The molecule has 0 aliphatic carbocycles. The summed E-state index contributed by atoms with van der Waals surface area (Å²) in [5.74, 6) is 1.96. The van der Waals surface area contributed by atoms with Crippen LogP contribution in [0.3, 0.4) is 0 Å². The molecule has 0 unspecified atom stereocenters. The molecule has 0 bridgehead atoms. The van der Waals surface area contributed by atoms with Crippen LogP contribution in [0.2, 0.25) is 0 Å². The maximum absolute atomic E-state index is 5.71. The topological polar surface area (TPSA) is 42.5 Å². The molecule has 0 amide bonds. The number of fused-ring (bicyclic) bond motifs is 1. The number of ether oxygens (including phenoxy) is 2. The summed E-state index contributed by atoms with van der Waals surface area (Å²) in [6.45, 7) is 7.59. The Morgan fingerprint density at radius 3 is 2.52 bits per heavy atom. The van der Waals surface area contributed by atoms with E-state index in [0.717, 1.165) is 22.7 Å². The van der Waals surface area contributed by atoms with E-state index < -0.39 is 0 Å². The van der Waals surface area contributed by atoms with Gasteiger partial charge in [-0.1, -0.05) is 32.0 Å². The molecule has 5 heteroatoms. The van der Waals surface area contributed by atoms with E-state index in [-0.39, 0.29) is 6.04 Å². The van der Waals surface area contributed by atoms with E-state index in [9.17, 15) is 0 Å². The van der Waals surface area contributed by atoms with Crippen LogP contribution in [0.15, 0.2) is 42.5 Å². The average Bonchev–Trinajstić information content (AvgIpc) is 2.59. The monoisotopic (exact) mass is 356 g/mol. The minimum Gasteiger partial charge on any atom is -0.486 e. The molecule has 1 heterocycles. The number of aryl methyl sites for hydroxylation is 1. The van der Waals surface area contributed by atoms with Crippen molar-refractivity contribution in [1.82, 2.24) is 5.32 Å². The molecule has 2 N–H and O–H groups in total. The zero-order valence-electron chi connectivity index (χ0n) is 14.8. The van der Waals surface area contributed by atoms with Crippen LogP contribution < -0.4 is 20.1 Å². The molecule has 0 fully saturated rings. The zero-order chi connectivity index (χ0) is 17.8. The Morgan fingerprint density at radius 2 is 1.80 bits per heavy atom. The van der Waals surface area contributed by atoms with Crippen molar-refractivity contribution < 1.29 is 9.47 Å². The quantitative estimate of drug-likeness (QED) is 0.792. The van der Waals surface area contributed by atoms with Gasteiger partial charge in [0.25, 0.3) is 0 Å². The average molecular weight is 356 g/mol. The number of thiocarbonyl (C=S) groups is 1. The number of hydrogen-bond acceptors (Lipinski definition) is 3. The van der Waals surface area contributed by atoms with Gasteiger partial charge >= 0.3 is 0 Å². The van der Waals surface area contributed by atoms with Crippen molar-refractivity contribution in [2.75, 3.05) is 18.5 Å². The molecule has 0 saturated carbocycles. The molecule has 0 saturated heterocycles. The summed E-state index contributed by atoms with van der Waals surface area (Å²) in [5.41, 5.74) is 3.31. The highest BCUT2D eigenvalue weighted by molar-refractivity contribution is 7.80. The summed E-state index contributed by atoms with van der Waals surface area (Å²) in [6, 6.07) is 14.3. The van der Waals surface area contributed by atoms with Crippen molar-refractivity contribution in [1.29, 1.82) is 0 Å². The Balaban J connectivity index is 1.74. The summed E-state index contributed by atoms with van der Waals surface area (Å²) in [7, 11) is 0. The van der Waals surface area contributed by atoms with Crippen molar-refractivity contribution in [2.45, 2.75) is 26.8 Å². The zero-order valence-corrected chi connectivity index (χ0v) is 15.7. The van der Waals surface area contributed by atoms with Gasteiger partial charge in [0.05, 0.1) is 6.04 Å². The Hall–Kier alpha value is -2.27. The van der Waals surface area contributed by atoms with Crippen LogP contribution >= 0.6 is 12.2 Å². The van der Waals surface area contributed by atoms with Crippen LogP contribution in [0.1, 0.15) is 31.0 Å². The number of nitrogens with one attached hydrogen (secondary N) is 2. The highest BCUT2D eigenvalue weighted by Crippen LogP contribution is 2.34. The third-order valence-corrected chi connectivity index (χ3v) is 4.37. The largest absolute Gasteiger partial charge is 0.486 e. The summed E-state index contributed by atoms with van der Waals surface area (Å²) >= 11 is 5.52. The molecule has 2 aromatic carbocycles.